The molecule has 1 aromatic heterocycles. The second-order valence-corrected chi connectivity index (χ2v) is 3.91. The highest BCUT2D eigenvalue weighted by Crippen LogP contribution is 2.17. The standard InChI is InChI=1S/C11H13N3O3/c1-6(5-12)10(15)14-8-3-2-7(13)4-9(8)17-11(14)16/h2-4,6H,5,12-13H2,1H3. The number of fused-ring (bicyclic) bond motifs is 1. The van der Waals surface area contributed by atoms with Gasteiger partial charge < -0.3 is 15.9 Å². The van der Waals surface area contributed by atoms with Gasteiger partial charge in [0.2, 0.25) is 5.91 Å². The Morgan fingerprint density at radius 3 is 2.88 bits per heavy atom. The van der Waals surface area contributed by atoms with E-state index in [0.29, 0.717) is 16.8 Å². The van der Waals surface area contributed by atoms with Gasteiger partial charge in [-0.3, -0.25) is 4.79 Å². The van der Waals surface area contributed by atoms with E-state index in [0.717, 1.165) is 4.57 Å². The first-order valence-electron chi connectivity index (χ1n) is 5.20. The maximum Gasteiger partial charge on any atom is 0.426 e. The van der Waals surface area contributed by atoms with E-state index in [9.17, 15) is 9.59 Å². The number of benzene rings is 1. The van der Waals surface area contributed by atoms with Crippen LogP contribution in [0.2, 0.25) is 0 Å². The van der Waals surface area contributed by atoms with Crippen molar-refractivity contribution in [2.45, 2.75) is 6.92 Å². The van der Waals surface area contributed by atoms with E-state index in [4.69, 9.17) is 15.9 Å². The molecule has 0 bridgehead atoms. The van der Waals surface area contributed by atoms with Crippen LogP contribution in [0.4, 0.5) is 5.69 Å². The maximum atomic E-state index is 11.9. The lowest BCUT2D eigenvalue weighted by atomic mass is 10.1. The lowest BCUT2D eigenvalue weighted by Gasteiger charge is -2.06. The van der Waals surface area contributed by atoms with Crippen molar-refractivity contribution in [1.29, 1.82) is 0 Å². The number of oxazole rings is 1. The van der Waals surface area contributed by atoms with Crippen LogP contribution in [-0.2, 0) is 0 Å². The summed E-state index contributed by atoms with van der Waals surface area (Å²) in [5, 5.41) is 0. The molecule has 1 heterocycles. The number of nitrogen functional groups attached to an aromatic ring is 1. The van der Waals surface area contributed by atoms with Gasteiger partial charge in [-0.1, -0.05) is 6.92 Å². The van der Waals surface area contributed by atoms with Crippen molar-refractivity contribution in [3.63, 3.8) is 0 Å². The molecule has 1 aromatic carbocycles. The third kappa shape index (κ3) is 1.83. The summed E-state index contributed by atoms with van der Waals surface area (Å²) in [5.41, 5.74) is 12.2. The molecule has 0 saturated carbocycles. The Morgan fingerprint density at radius 1 is 1.53 bits per heavy atom. The molecule has 0 spiro atoms. The lowest BCUT2D eigenvalue weighted by Crippen LogP contribution is -2.31. The summed E-state index contributed by atoms with van der Waals surface area (Å²) in [6.07, 6.45) is 0. The molecule has 0 aliphatic rings. The number of carbonyl (C=O) groups excluding carboxylic acids is 1. The molecule has 4 N–H and O–H groups in total. The average molecular weight is 235 g/mol. The molecule has 0 radical (unpaired) electrons. The molecule has 2 rings (SSSR count). The number of rotatable bonds is 2. The van der Waals surface area contributed by atoms with Gasteiger partial charge in [-0.2, -0.15) is 0 Å². The van der Waals surface area contributed by atoms with Gasteiger partial charge in [-0.15, -0.1) is 0 Å². The van der Waals surface area contributed by atoms with Gasteiger partial charge in [0, 0.05) is 24.2 Å². The molecule has 2 aromatic rings. The summed E-state index contributed by atoms with van der Waals surface area (Å²) in [6.45, 7) is 1.83. The average Bonchev–Trinajstić information content (AvgIpc) is 2.62. The molecule has 6 nitrogen and oxygen atoms in total. The first-order valence-corrected chi connectivity index (χ1v) is 5.20. The monoisotopic (exact) mass is 235 g/mol. The molecule has 0 saturated heterocycles. The van der Waals surface area contributed by atoms with Crippen LogP contribution >= 0.6 is 0 Å². The molecule has 0 fully saturated rings. The van der Waals surface area contributed by atoms with Gasteiger partial charge in [-0.05, 0) is 12.1 Å². The zero-order valence-electron chi connectivity index (χ0n) is 9.34. The van der Waals surface area contributed by atoms with Gasteiger partial charge >= 0.3 is 5.76 Å². The fraction of sp³-hybridized carbons (Fsp3) is 0.273. The maximum absolute atomic E-state index is 11.9. The highest BCUT2D eigenvalue weighted by atomic mass is 16.4. The van der Waals surface area contributed by atoms with Crippen molar-refractivity contribution < 1.29 is 9.21 Å². The third-order valence-electron chi connectivity index (χ3n) is 2.60. The Morgan fingerprint density at radius 2 is 2.24 bits per heavy atom. The molecule has 17 heavy (non-hydrogen) atoms. The van der Waals surface area contributed by atoms with E-state index in [2.05, 4.69) is 0 Å². The van der Waals surface area contributed by atoms with Crippen LogP contribution in [0.3, 0.4) is 0 Å². The van der Waals surface area contributed by atoms with Gasteiger partial charge in [0.05, 0.1) is 5.52 Å². The van der Waals surface area contributed by atoms with E-state index in [-0.39, 0.29) is 12.5 Å². The Hall–Kier alpha value is -2.08. The van der Waals surface area contributed by atoms with Crippen LogP contribution in [0.1, 0.15) is 11.7 Å². The molecule has 1 unspecified atom stereocenters. The fourth-order valence-electron chi connectivity index (χ4n) is 1.57. The van der Waals surface area contributed by atoms with Crippen LogP contribution in [0.25, 0.3) is 11.1 Å². The van der Waals surface area contributed by atoms with Gasteiger partial charge in [0.15, 0.2) is 5.58 Å². The predicted molar refractivity (Wildman–Crippen MR) is 63.7 cm³/mol. The Bertz CT molecular complexity index is 626. The molecular weight excluding hydrogens is 222 g/mol. The molecule has 0 aliphatic carbocycles. The number of carbonyl (C=O) groups is 1. The van der Waals surface area contributed by atoms with E-state index < -0.39 is 11.7 Å². The van der Waals surface area contributed by atoms with E-state index >= 15 is 0 Å². The van der Waals surface area contributed by atoms with E-state index in [1.54, 1.807) is 19.1 Å². The molecule has 90 valence electrons. The smallest absolute Gasteiger partial charge is 0.407 e. The Labute approximate surface area is 96.8 Å². The summed E-state index contributed by atoms with van der Waals surface area (Å²) >= 11 is 0. The highest BCUT2D eigenvalue weighted by Gasteiger charge is 2.20. The summed E-state index contributed by atoms with van der Waals surface area (Å²) in [4.78, 5) is 23.6. The number of hydrogen-bond donors (Lipinski definition) is 2. The first-order chi connectivity index (χ1) is 8.04. The summed E-state index contributed by atoms with van der Waals surface area (Å²) in [6, 6.07) is 4.69. The van der Waals surface area contributed by atoms with E-state index in [1.165, 1.54) is 6.07 Å². The van der Waals surface area contributed by atoms with Gasteiger partial charge in [0.1, 0.15) is 0 Å². The van der Waals surface area contributed by atoms with E-state index in [1.807, 2.05) is 0 Å². The number of nitrogens with zero attached hydrogens (tertiary/aromatic N) is 1. The lowest BCUT2D eigenvalue weighted by molar-refractivity contribution is 0.0846. The summed E-state index contributed by atoms with van der Waals surface area (Å²) in [5.74, 6) is -1.53. The molecule has 0 amide bonds. The van der Waals surface area contributed by atoms with Crippen LogP contribution in [0, 0.1) is 5.92 Å². The zero-order chi connectivity index (χ0) is 12.6. The number of aromatic nitrogens is 1. The molecule has 0 aliphatic heterocycles. The van der Waals surface area contributed by atoms with Crippen molar-refractivity contribution >= 4 is 22.7 Å². The first kappa shape index (κ1) is 11.4. The number of nitrogens with two attached hydrogens (primary N) is 2. The van der Waals surface area contributed by atoms with Crippen LogP contribution < -0.4 is 17.2 Å². The number of hydrogen-bond acceptors (Lipinski definition) is 5. The van der Waals surface area contributed by atoms with Gasteiger partial charge in [0.25, 0.3) is 0 Å². The minimum atomic E-state index is -0.712. The van der Waals surface area contributed by atoms with Crippen molar-refractivity contribution in [2.75, 3.05) is 12.3 Å². The Balaban J connectivity index is 2.65. The quantitative estimate of drug-likeness (QED) is 0.733. The molecular formula is C11H13N3O3. The predicted octanol–water partition coefficient (Wildman–Crippen LogP) is 0.412. The molecule has 6 heteroatoms. The summed E-state index contributed by atoms with van der Waals surface area (Å²) < 4.78 is 5.95. The van der Waals surface area contributed by atoms with Crippen LogP contribution in [0.5, 0.6) is 0 Å². The summed E-state index contributed by atoms with van der Waals surface area (Å²) in [7, 11) is 0. The van der Waals surface area contributed by atoms with Crippen molar-refractivity contribution in [1.82, 2.24) is 4.57 Å². The minimum Gasteiger partial charge on any atom is -0.407 e. The highest BCUT2D eigenvalue weighted by molar-refractivity contribution is 5.91. The number of anilines is 1. The largest absolute Gasteiger partial charge is 0.426 e. The second kappa shape index (κ2) is 4.06. The fourth-order valence-corrected chi connectivity index (χ4v) is 1.57. The zero-order valence-corrected chi connectivity index (χ0v) is 9.34. The Kier molecular flexibility index (Phi) is 2.72. The normalized spacial score (nSPS) is 12.8. The van der Waals surface area contributed by atoms with Gasteiger partial charge in [-0.25, -0.2) is 9.36 Å². The molecule has 1 atom stereocenters. The SMILES string of the molecule is CC(CN)C(=O)n1c(=O)oc2cc(N)ccc21. The van der Waals surface area contributed by atoms with Crippen LogP contribution in [-0.4, -0.2) is 17.0 Å². The van der Waals surface area contributed by atoms with Crippen molar-refractivity contribution in [3.8, 4) is 0 Å². The topological polar surface area (TPSA) is 104 Å². The second-order valence-electron chi connectivity index (χ2n) is 3.91. The minimum absolute atomic E-state index is 0.174. The van der Waals surface area contributed by atoms with Crippen molar-refractivity contribution in [3.05, 3.63) is 28.7 Å². The van der Waals surface area contributed by atoms with Crippen LogP contribution in [0.15, 0.2) is 27.4 Å². The third-order valence-corrected chi connectivity index (χ3v) is 2.60. The van der Waals surface area contributed by atoms with Crippen molar-refractivity contribution in [2.24, 2.45) is 11.7 Å².